The number of rotatable bonds is 9. The predicted octanol–water partition coefficient (Wildman–Crippen LogP) is 1.69. The minimum absolute atomic E-state index is 0.0765. The van der Waals surface area contributed by atoms with Crippen LogP contribution >= 0.6 is 0 Å². The SMILES string of the molecule is CCCCNC(=O)CN1CCN(C(=O)Cc2ccc(OCC)cc2)CC1. The maximum absolute atomic E-state index is 12.5. The molecule has 1 heterocycles. The average Bonchev–Trinajstić information content (AvgIpc) is 2.64. The van der Waals surface area contributed by atoms with Crippen molar-refractivity contribution in [2.45, 2.75) is 33.1 Å². The van der Waals surface area contributed by atoms with Gasteiger partial charge in [0, 0.05) is 32.7 Å². The second-order valence-corrected chi connectivity index (χ2v) is 6.61. The van der Waals surface area contributed by atoms with Crippen LogP contribution in [0.1, 0.15) is 32.3 Å². The molecule has 0 aromatic heterocycles. The number of unbranched alkanes of at least 4 members (excludes halogenated alkanes) is 1. The number of carbonyl (C=O) groups is 2. The van der Waals surface area contributed by atoms with Crippen molar-refractivity contribution in [3.05, 3.63) is 29.8 Å². The molecule has 1 N–H and O–H groups in total. The van der Waals surface area contributed by atoms with E-state index in [1.807, 2.05) is 36.1 Å². The quantitative estimate of drug-likeness (QED) is 0.680. The highest BCUT2D eigenvalue weighted by molar-refractivity contribution is 5.79. The third-order valence-corrected chi connectivity index (χ3v) is 4.53. The molecule has 0 radical (unpaired) electrons. The van der Waals surface area contributed by atoms with Gasteiger partial charge in [-0.1, -0.05) is 25.5 Å². The fourth-order valence-electron chi connectivity index (χ4n) is 2.98. The Bertz CT molecular complexity index is 566. The molecular formula is C20H31N3O3. The average molecular weight is 361 g/mol. The number of ether oxygens (including phenoxy) is 1. The van der Waals surface area contributed by atoms with Crippen LogP contribution in [0, 0.1) is 0 Å². The summed E-state index contributed by atoms with van der Waals surface area (Å²) in [7, 11) is 0. The number of nitrogens with one attached hydrogen (secondary N) is 1. The molecule has 1 aliphatic rings. The lowest BCUT2D eigenvalue weighted by Gasteiger charge is -2.34. The monoisotopic (exact) mass is 361 g/mol. The van der Waals surface area contributed by atoms with E-state index < -0.39 is 0 Å². The number of carbonyl (C=O) groups excluding carboxylic acids is 2. The predicted molar refractivity (Wildman–Crippen MR) is 102 cm³/mol. The Morgan fingerprint density at radius 3 is 2.38 bits per heavy atom. The molecule has 0 aliphatic carbocycles. The number of piperazine rings is 1. The molecule has 1 aromatic rings. The lowest BCUT2D eigenvalue weighted by molar-refractivity contribution is -0.132. The fourth-order valence-corrected chi connectivity index (χ4v) is 2.98. The summed E-state index contributed by atoms with van der Waals surface area (Å²) in [5.41, 5.74) is 0.996. The number of hydrogen-bond donors (Lipinski definition) is 1. The van der Waals surface area contributed by atoms with E-state index in [-0.39, 0.29) is 11.8 Å². The van der Waals surface area contributed by atoms with E-state index in [1.165, 1.54) is 0 Å². The molecule has 1 aliphatic heterocycles. The van der Waals surface area contributed by atoms with Gasteiger partial charge in [-0.3, -0.25) is 14.5 Å². The van der Waals surface area contributed by atoms with Crippen LogP contribution in [0.3, 0.4) is 0 Å². The van der Waals surface area contributed by atoms with Crippen LogP contribution in [0.4, 0.5) is 0 Å². The van der Waals surface area contributed by atoms with Gasteiger partial charge in [-0.2, -0.15) is 0 Å². The van der Waals surface area contributed by atoms with Crippen molar-refractivity contribution in [3.8, 4) is 5.75 Å². The second kappa shape index (κ2) is 10.8. The molecule has 0 bridgehead atoms. The third-order valence-electron chi connectivity index (χ3n) is 4.53. The molecule has 0 unspecified atom stereocenters. The third kappa shape index (κ3) is 6.67. The molecule has 1 aromatic carbocycles. The first kappa shape index (κ1) is 20.2. The molecule has 2 rings (SSSR count). The van der Waals surface area contributed by atoms with Crippen molar-refractivity contribution in [2.75, 3.05) is 45.9 Å². The Balaban J connectivity index is 1.71. The lowest BCUT2D eigenvalue weighted by atomic mass is 10.1. The van der Waals surface area contributed by atoms with Crippen molar-refractivity contribution in [3.63, 3.8) is 0 Å². The van der Waals surface area contributed by atoms with Gasteiger partial charge in [-0.05, 0) is 31.0 Å². The zero-order valence-electron chi connectivity index (χ0n) is 16.0. The summed E-state index contributed by atoms with van der Waals surface area (Å²) in [6.07, 6.45) is 2.50. The highest BCUT2D eigenvalue weighted by atomic mass is 16.5. The first-order valence-electron chi connectivity index (χ1n) is 9.61. The van der Waals surface area contributed by atoms with Crippen LogP contribution in [0.5, 0.6) is 5.75 Å². The van der Waals surface area contributed by atoms with Crippen LogP contribution in [0.25, 0.3) is 0 Å². The Morgan fingerprint density at radius 2 is 1.77 bits per heavy atom. The molecule has 0 saturated carbocycles. The summed E-state index contributed by atoms with van der Waals surface area (Å²) in [5.74, 6) is 1.04. The molecule has 0 atom stereocenters. The van der Waals surface area contributed by atoms with Gasteiger partial charge >= 0.3 is 0 Å². The van der Waals surface area contributed by atoms with Crippen molar-refractivity contribution in [1.82, 2.24) is 15.1 Å². The summed E-state index contributed by atoms with van der Waals surface area (Å²) in [6, 6.07) is 7.70. The number of hydrogen-bond acceptors (Lipinski definition) is 4. The van der Waals surface area contributed by atoms with Gasteiger partial charge in [0.15, 0.2) is 0 Å². The van der Waals surface area contributed by atoms with Crippen LogP contribution < -0.4 is 10.1 Å². The van der Waals surface area contributed by atoms with E-state index in [9.17, 15) is 9.59 Å². The van der Waals surface area contributed by atoms with Crippen LogP contribution in [-0.4, -0.2) is 67.5 Å². The van der Waals surface area contributed by atoms with Gasteiger partial charge in [0.1, 0.15) is 5.75 Å². The Labute approximate surface area is 156 Å². The van der Waals surface area contributed by atoms with E-state index in [1.54, 1.807) is 0 Å². The van der Waals surface area contributed by atoms with Crippen LogP contribution in [0.15, 0.2) is 24.3 Å². The maximum Gasteiger partial charge on any atom is 0.234 e. The van der Waals surface area contributed by atoms with Gasteiger partial charge in [0.05, 0.1) is 19.6 Å². The van der Waals surface area contributed by atoms with Crippen LogP contribution in [-0.2, 0) is 16.0 Å². The first-order valence-corrected chi connectivity index (χ1v) is 9.61. The minimum atomic E-state index is 0.0765. The topological polar surface area (TPSA) is 61.9 Å². The fraction of sp³-hybridized carbons (Fsp3) is 0.600. The van der Waals surface area contributed by atoms with E-state index in [4.69, 9.17) is 4.74 Å². The smallest absolute Gasteiger partial charge is 0.234 e. The Hall–Kier alpha value is -2.08. The Kier molecular flexibility index (Phi) is 8.41. The first-order chi connectivity index (χ1) is 12.6. The molecule has 1 saturated heterocycles. The standard InChI is InChI=1S/C20H31N3O3/c1-3-5-10-21-19(24)16-22-11-13-23(14-12-22)20(25)15-17-6-8-18(9-7-17)26-4-2/h6-9H,3-5,10-16H2,1-2H3,(H,21,24). The van der Waals surface area contributed by atoms with Crippen molar-refractivity contribution >= 4 is 11.8 Å². The number of nitrogens with zero attached hydrogens (tertiary/aromatic N) is 2. The minimum Gasteiger partial charge on any atom is -0.494 e. The normalized spacial score (nSPS) is 14.9. The zero-order valence-corrected chi connectivity index (χ0v) is 16.0. The van der Waals surface area contributed by atoms with Gasteiger partial charge in [-0.25, -0.2) is 0 Å². The van der Waals surface area contributed by atoms with Crippen molar-refractivity contribution in [2.24, 2.45) is 0 Å². The van der Waals surface area contributed by atoms with Crippen molar-refractivity contribution < 1.29 is 14.3 Å². The molecule has 144 valence electrons. The van der Waals surface area contributed by atoms with E-state index in [2.05, 4.69) is 17.1 Å². The highest BCUT2D eigenvalue weighted by Gasteiger charge is 2.22. The number of amides is 2. The van der Waals surface area contributed by atoms with Gasteiger partial charge in [0.25, 0.3) is 0 Å². The number of benzene rings is 1. The van der Waals surface area contributed by atoms with E-state index in [0.717, 1.165) is 43.8 Å². The Morgan fingerprint density at radius 1 is 1.08 bits per heavy atom. The molecule has 2 amide bonds. The van der Waals surface area contributed by atoms with E-state index in [0.29, 0.717) is 32.7 Å². The summed E-state index contributed by atoms with van der Waals surface area (Å²) in [4.78, 5) is 28.4. The lowest BCUT2D eigenvalue weighted by Crippen LogP contribution is -2.51. The maximum atomic E-state index is 12.5. The molecule has 6 heteroatoms. The summed E-state index contributed by atoms with van der Waals surface area (Å²) >= 11 is 0. The van der Waals surface area contributed by atoms with Crippen molar-refractivity contribution in [1.29, 1.82) is 0 Å². The molecule has 26 heavy (non-hydrogen) atoms. The second-order valence-electron chi connectivity index (χ2n) is 6.61. The molecule has 6 nitrogen and oxygen atoms in total. The highest BCUT2D eigenvalue weighted by Crippen LogP contribution is 2.13. The van der Waals surface area contributed by atoms with Gasteiger partial charge in [-0.15, -0.1) is 0 Å². The summed E-state index contributed by atoms with van der Waals surface area (Å²) < 4.78 is 5.42. The van der Waals surface area contributed by atoms with Gasteiger partial charge in [0.2, 0.25) is 11.8 Å². The zero-order chi connectivity index (χ0) is 18.8. The summed E-state index contributed by atoms with van der Waals surface area (Å²) in [6.45, 7) is 8.71. The van der Waals surface area contributed by atoms with Gasteiger partial charge < -0.3 is 15.0 Å². The largest absolute Gasteiger partial charge is 0.494 e. The molecule has 0 spiro atoms. The molecule has 1 fully saturated rings. The molecular weight excluding hydrogens is 330 g/mol. The van der Waals surface area contributed by atoms with Crippen LogP contribution in [0.2, 0.25) is 0 Å². The van der Waals surface area contributed by atoms with E-state index >= 15 is 0 Å². The summed E-state index contributed by atoms with van der Waals surface area (Å²) in [5, 5.41) is 2.94.